The Hall–Kier alpha value is -3.68. The number of allylic oxidation sites excluding steroid dienone is 6. The van der Waals surface area contributed by atoms with E-state index in [1.54, 1.807) is 13.0 Å². The van der Waals surface area contributed by atoms with Crippen molar-refractivity contribution >= 4 is 23.4 Å². The number of benzene rings is 1. The number of likely N-dealkylation sites (tertiary alicyclic amines) is 1. The molecule has 0 unspecified atom stereocenters. The molecule has 1 N–H and O–H groups in total. The molecule has 0 spiro atoms. The van der Waals surface area contributed by atoms with E-state index in [0.717, 1.165) is 5.57 Å². The third-order valence-corrected chi connectivity index (χ3v) is 8.07. The van der Waals surface area contributed by atoms with Gasteiger partial charge in [0.25, 0.3) is 0 Å². The van der Waals surface area contributed by atoms with Crippen LogP contribution in [0.3, 0.4) is 0 Å². The highest BCUT2D eigenvalue weighted by Gasteiger charge is 2.58. The van der Waals surface area contributed by atoms with Gasteiger partial charge in [0.15, 0.2) is 11.6 Å². The molecule has 1 fully saturated rings. The van der Waals surface area contributed by atoms with E-state index in [1.165, 1.54) is 31.3 Å². The number of imide groups is 1. The van der Waals surface area contributed by atoms with Gasteiger partial charge in [-0.1, -0.05) is 11.6 Å². The van der Waals surface area contributed by atoms with Crippen LogP contribution in [0.4, 0.5) is 0 Å². The van der Waals surface area contributed by atoms with Gasteiger partial charge in [-0.3, -0.25) is 24.1 Å². The van der Waals surface area contributed by atoms with Gasteiger partial charge in [-0.2, -0.15) is 0 Å². The smallest absolute Gasteiger partial charge is 0.234 e. The Kier molecular flexibility index (Phi) is 5.69. The maximum atomic E-state index is 13.7. The molecule has 1 aromatic rings. The van der Waals surface area contributed by atoms with Crippen LogP contribution in [-0.2, 0) is 19.2 Å². The van der Waals surface area contributed by atoms with E-state index in [0.29, 0.717) is 40.2 Å². The van der Waals surface area contributed by atoms with Gasteiger partial charge in [-0.05, 0) is 52.5 Å². The van der Waals surface area contributed by atoms with Crippen LogP contribution in [0, 0.1) is 17.8 Å². The minimum atomic E-state index is -0.803. The maximum absolute atomic E-state index is 13.7. The van der Waals surface area contributed by atoms with Gasteiger partial charge in [0, 0.05) is 45.9 Å². The summed E-state index contributed by atoms with van der Waals surface area (Å²) in [6, 6.07) is 3.06. The molecule has 4 atom stereocenters. The van der Waals surface area contributed by atoms with Crippen molar-refractivity contribution in [2.75, 3.05) is 14.2 Å². The fraction of sp³-hybridized carbons (Fsp3) is 0.448. The Morgan fingerprint density at radius 2 is 1.70 bits per heavy atom. The first-order valence-electron chi connectivity index (χ1n) is 12.4. The number of ketones is 2. The monoisotopic (exact) mass is 505 g/mol. The van der Waals surface area contributed by atoms with Gasteiger partial charge in [-0.25, -0.2) is 0 Å². The Morgan fingerprint density at radius 3 is 2.32 bits per heavy atom. The number of phenolic OH excluding ortho intramolecular Hbond substituents is 1. The number of Topliss-reactive ketones (excluding diaryl/α,β-unsaturated/α-hetero) is 1. The van der Waals surface area contributed by atoms with E-state index in [4.69, 9.17) is 9.47 Å². The summed E-state index contributed by atoms with van der Waals surface area (Å²) < 4.78 is 10.9. The van der Waals surface area contributed by atoms with Gasteiger partial charge >= 0.3 is 0 Å². The lowest BCUT2D eigenvalue weighted by Crippen LogP contribution is -2.46. The summed E-state index contributed by atoms with van der Waals surface area (Å²) in [4.78, 5) is 55.2. The first-order chi connectivity index (χ1) is 17.4. The van der Waals surface area contributed by atoms with Crippen molar-refractivity contribution in [1.29, 1.82) is 0 Å². The van der Waals surface area contributed by atoms with Gasteiger partial charge in [-0.15, -0.1) is 0 Å². The van der Waals surface area contributed by atoms with Crippen LogP contribution in [0.15, 0.2) is 46.6 Å². The molecule has 0 aromatic heterocycles. The van der Waals surface area contributed by atoms with Crippen LogP contribution in [0.1, 0.15) is 52.0 Å². The largest absolute Gasteiger partial charge is 0.507 e. The summed E-state index contributed by atoms with van der Waals surface area (Å²) in [5.41, 5.74) is 1.36. The third-order valence-electron chi connectivity index (χ3n) is 8.07. The molecule has 0 saturated carbocycles. The summed E-state index contributed by atoms with van der Waals surface area (Å²) in [7, 11) is 2.92. The predicted octanol–water partition coefficient (Wildman–Crippen LogP) is 3.64. The first kappa shape index (κ1) is 25.0. The summed E-state index contributed by atoms with van der Waals surface area (Å²) in [5, 5.41) is 11.2. The molecule has 8 nitrogen and oxygen atoms in total. The standard InChI is InChI=1S/C29H31NO7/c1-13-9-19(31)18-12-17-15(7-8-16-22(17)28(35)30(27(16)34)29(2,3)4)23(24(18)26(13)33)25-20(32)10-14(36-5)11-21(25)37-6/h7,9-11,16-17,22-23,32H,8,12H2,1-6H3/t16-,17+,22-,23-/m0/s1. The zero-order chi connectivity index (χ0) is 27.0. The number of fused-ring (bicyclic) bond motifs is 3. The van der Waals surface area contributed by atoms with Crippen LogP contribution in [0.5, 0.6) is 17.2 Å². The normalized spacial score (nSPS) is 27.5. The van der Waals surface area contributed by atoms with E-state index in [2.05, 4.69) is 0 Å². The van der Waals surface area contributed by atoms with Crippen LogP contribution in [-0.4, -0.2) is 53.1 Å². The number of hydrogen-bond donors (Lipinski definition) is 1. The Morgan fingerprint density at radius 1 is 1.00 bits per heavy atom. The lowest BCUT2D eigenvalue weighted by atomic mass is 9.59. The van der Waals surface area contributed by atoms with Crippen LogP contribution in [0.25, 0.3) is 0 Å². The molecule has 0 radical (unpaired) electrons. The Labute approximate surface area is 215 Å². The number of amides is 2. The van der Waals surface area contributed by atoms with E-state index >= 15 is 0 Å². The molecule has 1 saturated heterocycles. The minimum absolute atomic E-state index is 0.144. The second-order valence-corrected chi connectivity index (χ2v) is 11.2. The molecule has 5 rings (SSSR count). The van der Waals surface area contributed by atoms with Gasteiger partial charge in [0.05, 0.1) is 26.1 Å². The maximum Gasteiger partial charge on any atom is 0.234 e. The molecule has 37 heavy (non-hydrogen) atoms. The average molecular weight is 506 g/mol. The number of aromatic hydroxyl groups is 1. The fourth-order valence-corrected chi connectivity index (χ4v) is 6.52. The van der Waals surface area contributed by atoms with E-state index in [1.807, 2.05) is 26.8 Å². The number of phenols is 1. The second-order valence-electron chi connectivity index (χ2n) is 11.2. The predicted molar refractivity (Wildman–Crippen MR) is 134 cm³/mol. The van der Waals surface area contributed by atoms with Crippen molar-refractivity contribution in [2.24, 2.45) is 17.8 Å². The quantitative estimate of drug-likeness (QED) is 0.379. The number of hydrogen-bond acceptors (Lipinski definition) is 7. The summed E-state index contributed by atoms with van der Waals surface area (Å²) in [6.45, 7) is 7.09. The molecule has 1 aromatic carbocycles. The van der Waals surface area contributed by atoms with E-state index in [9.17, 15) is 24.3 Å². The van der Waals surface area contributed by atoms with Crippen LogP contribution >= 0.6 is 0 Å². The second kappa shape index (κ2) is 8.43. The Balaban J connectivity index is 1.74. The van der Waals surface area contributed by atoms with Gasteiger partial charge in [0.1, 0.15) is 17.2 Å². The van der Waals surface area contributed by atoms with Crippen molar-refractivity contribution < 1.29 is 33.8 Å². The molecular weight excluding hydrogens is 474 g/mol. The highest BCUT2D eigenvalue weighted by atomic mass is 16.5. The SMILES string of the molecule is COc1cc(O)c([C@H]2C3=CC[C@@H]4C(=O)N(C(C)(C)C)C(=O)[C@@H]4[C@@H]3CC3=C2C(=O)C(C)=CC3=O)c(OC)c1. The third kappa shape index (κ3) is 3.56. The number of carbonyl (C=O) groups is 4. The van der Waals surface area contributed by atoms with Crippen LogP contribution < -0.4 is 9.47 Å². The lowest BCUT2D eigenvalue weighted by molar-refractivity contribution is -0.145. The zero-order valence-electron chi connectivity index (χ0n) is 21.9. The van der Waals surface area contributed by atoms with Crippen molar-refractivity contribution in [3.63, 3.8) is 0 Å². The topological polar surface area (TPSA) is 110 Å². The highest BCUT2D eigenvalue weighted by molar-refractivity contribution is 6.24. The molecule has 2 amide bonds. The summed E-state index contributed by atoms with van der Waals surface area (Å²) >= 11 is 0. The molecular formula is C29H31NO7. The summed E-state index contributed by atoms with van der Waals surface area (Å²) in [6.07, 6.45) is 3.78. The van der Waals surface area contributed by atoms with Crippen molar-refractivity contribution in [1.82, 2.24) is 4.90 Å². The minimum Gasteiger partial charge on any atom is -0.507 e. The first-order valence-corrected chi connectivity index (χ1v) is 12.4. The lowest BCUT2D eigenvalue weighted by Gasteiger charge is -2.42. The molecule has 3 aliphatic carbocycles. The van der Waals surface area contributed by atoms with Gasteiger partial charge < -0.3 is 14.6 Å². The molecule has 1 aliphatic heterocycles. The number of nitrogens with zero attached hydrogens (tertiary/aromatic N) is 1. The highest BCUT2D eigenvalue weighted by Crippen LogP contribution is 2.58. The molecule has 0 bridgehead atoms. The number of methoxy groups -OCH3 is 2. The van der Waals surface area contributed by atoms with Crippen molar-refractivity contribution in [3.8, 4) is 17.2 Å². The van der Waals surface area contributed by atoms with E-state index < -0.39 is 29.2 Å². The zero-order valence-corrected chi connectivity index (χ0v) is 21.9. The van der Waals surface area contributed by atoms with Crippen molar-refractivity contribution in [3.05, 3.63) is 52.1 Å². The average Bonchev–Trinajstić information content (AvgIpc) is 3.11. The molecule has 194 valence electrons. The number of ether oxygens (including phenoxy) is 2. The molecule has 4 aliphatic rings. The number of carbonyl (C=O) groups excluding carboxylic acids is 4. The molecule has 1 heterocycles. The van der Waals surface area contributed by atoms with Crippen LogP contribution in [0.2, 0.25) is 0 Å². The summed E-state index contributed by atoms with van der Waals surface area (Å²) in [5.74, 6) is -2.94. The Bertz CT molecular complexity index is 1360. The number of rotatable bonds is 3. The fourth-order valence-electron chi connectivity index (χ4n) is 6.52. The van der Waals surface area contributed by atoms with E-state index in [-0.39, 0.29) is 35.6 Å². The van der Waals surface area contributed by atoms with Crippen molar-refractivity contribution in [2.45, 2.75) is 52.0 Å². The molecule has 8 heteroatoms. The van der Waals surface area contributed by atoms with Gasteiger partial charge in [0.2, 0.25) is 11.8 Å².